The van der Waals surface area contributed by atoms with Crippen molar-refractivity contribution in [1.29, 1.82) is 0 Å². The highest BCUT2D eigenvalue weighted by Crippen LogP contribution is 2.50. The lowest BCUT2D eigenvalue weighted by molar-refractivity contribution is -0.142. The number of aromatic nitrogens is 2. The molecular formula is C29H40N4O3. The van der Waals surface area contributed by atoms with Crippen LogP contribution in [0.1, 0.15) is 83.5 Å². The smallest absolute Gasteiger partial charge is 0.344 e. The Morgan fingerprint density at radius 1 is 1.03 bits per heavy atom. The summed E-state index contributed by atoms with van der Waals surface area (Å²) in [6.45, 7) is 4.52. The van der Waals surface area contributed by atoms with Gasteiger partial charge in [0, 0.05) is 24.2 Å². The van der Waals surface area contributed by atoms with Gasteiger partial charge in [0.05, 0.1) is 11.0 Å². The Balaban J connectivity index is 1.28. The molecule has 8 atom stereocenters. The SMILES string of the molecule is C[C@@H]1CC[C@@H]2C[C@H]1C[C@@H](N1[C@H]3CC[C@@H](C)[C@@H]1C[C@H](n1c(/C=N/OCC(=O)O)nc4ccccc41)C3)C2. The average Bonchev–Trinajstić information content (AvgIpc) is 3.24. The van der Waals surface area contributed by atoms with Gasteiger partial charge in [0.15, 0.2) is 5.82 Å². The molecule has 6 rings (SSSR count). The molecule has 36 heavy (non-hydrogen) atoms. The monoisotopic (exact) mass is 492 g/mol. The van der Waals surface area contributed by atoms with Gasteiger partial charge >= 0.3 is 5.97 Å². The Kier molecular flexibility index (Phi) is 6.53. The molecule has 7 heteroatoms. The van der Waals surface area contributed by atoms with Crippen LogP contribution in [0.3, 0.4) is 0 Å². The average molecular weight is 493 g/mol. The summed E-state index contributed by atoms with van der Waals surface area (Å²) in [6.07, 6.45) is 13.6. The van der Waals surface area contributed by atoms with Crippen LogP contribution in [0, 0.1) is 23.7 Å². The number of benzene rings is 1. The molecule has 4 bridgehead atoms. The third-order valence-electron chi connectivity index (χ3n) is 9.97. The van der Waals surface area contributed by atoms with Crippen LogP contribution in [-0.4, -0.2) is 56.5 Å². The second-order valence-electron chi connectivity index (χ2n) is 12.1. The summed E-state index contributed by atoms with van der Waals surface area (Å²) in [5.41, 5.74) is 2.08. The molecule has 1 aromatic carbocycles. The molecule has 7 nitrogen and oxygen atoms in total. The minimum atomic E-state index is -1.03. The largest absolute Gasteiger partial charge is 0.479 e. The molecule has 0 unspecified atom stereocenters. The van der Waals surface area contributed by atoms with Gasteiger partial charge in [-0.25, -0.2) is 9.78 Å². The van der Waals surface area contributed by atoms with Gasteiger partial charge in [-0.3, -0.25) is 4.90 Å². The van der Waals surface area contributed by atoms with Gasteiger partial charge in [-0.15, -0.1) is 0 Å². The van der Waals surface area contributed by atoms with Crippen LogP contribution in [-0.2, 0) is 9.63 Å². The number of carboxylic acids is 1. The first kappa shape index (κ1) is 24.0. The molecule has 1 aromatic heterocycles. The summed E-state index contributed by atoms with van der Waals surface area (Å²) in [4.78, 5) is 23.7. The Morgan fingerprint density at radius 2 is 1.86 bits per heavy atom. The van der Waals surface area contributed by atoms with Crippen molar-refractivity contribution in [3.05, 3.63) is 30.1 Å². The molecule has 4 aliphatic rings. The number of para-hydroxylation sites is 2. The maximum atomic E-state index is 10.8. The highest BCUT2D eigenvalue weighted by molar-refractivity contribution is 5.85. The lowest BCUT2D eigenvalue weighted by Crippen LogP contribution is -2.60. The number of nitrogens with zero attached hydrogens (tertiary/aromatic N) is 4. The summed E-state index contributed by atoms with van der Waals surface area (Å²) >= 11 is 0. The van der Waals surface area contributed by atoms with Crippen molar-refractivity contribution in [2.24, 2.45) is 28.8 Å². The number of oxime groups is 1. The first-order valence-corrected chi connectivity index (χ1v) is 14.1. The Hall–Kier alpha value is -2.41. The number of aliphatic carboxylic acids is 1. The number of carbonyl (C=O) groups is 1. The van der Waals surface area contributed by atoms with Gasteiger partial charge in [-0.1, -0.05) is 44.0 Å². The van der Waals surface area contributed by atoms with Crippen LogP contribution < -0.4 is 0 Å². The molecule has 1 N–H and O–H groups in total. The zero-order valence-corrected chi connectivity index (χ0v) is 21.6. The van der Waals surface area contributed by atoms with Gasteiger partial charge < -0.3 is 14.5 Å². The van der Waals surface area contributed by atoms with Crippen LogP contribution in [0.15, 0.2) is 29.4 Å². The van der Waals surface area contributed by atoms with E-state index in [0.29, 0.717) is 24.0 Å². The zero-order chi connectivity index (χ0) is 24.8. The molecule has 2 saturated heterocycles. The molecule has 2 saturated carbocycles. The van der Waals surface area contributed by atoms with Gasteiger partial charge in [0.1, 0.15) is 6.21 Å². The summed E-state index contributed by atoms with van der Waals surface area (Å²) in [6, 6.07) is 10.6. The number of carboxylic acid groups (broad SMARTS) is 1. The second kappa shape index (κ2) is 9.81. The predicted molar refractivity (Wildman–Crippen MR) is 140 cm³/mol. The first-order valence-electron chi connectivity index (χ1n) is 14.1. The van der Waals surface area contributed by atoms with Crippen molar-refractivity contribution in [3.63, 3.8) is 0 Å². The third kappa shape index (κ3) is 4.44. The van der Waals surface area contributed by atoms with E-state index in [4.69, 9.17) is 14.9 Å². The number of fused-ring (bicyclic) bond motifs is 5. The minimum absolute atomic E-state index is 0.356. The van der Waals surface area contributed by atoms with E-state index in [-0.39, 0.29) is 0 Å². The summed E-state index contributed by atoms with van der Waals surface area (Å²) < 4.78 is 2.36. The van der Waals surface area contributed by atoms with Crippen LogP contribution in [0.5, 0.6) is 0 Å². The fourth-order valence-corrected chi connectivity index (χ4v) is 8.27. The van der Waals surface area contributed by atoms with Crippen molar-refractivity contribution in [2.45, 2.75) is 95.8 Å². The lowest BCUT2D eigenvalue weighted by atomic mass is 9.64. The molecular weight excluding hydrogens is 452 g/mol. The molecule has 194 valence electrons. The third-order valence-corrected chi connectivity index (χ3v) is 9.97. The van der Waals surface area contributed by atoms with Gasteiger partial charge in [0.25, 0.3) is 0 Å². The van der Waals surface area contributed by atoms with E-state index in [1.807, 2.05) is 12.1 Å². The van der Waals surface area contributed by atoms with E-state index in [9.17, 15) is 4.79 Å². The van der Waals surface area contributed by atoms with Crippen molar-refractivity contribution in [1.82, 2.24) is 14.5 Å². The van der Waals surface area contributed by atoms with E-state index in [2.05, 4.69) is 40.6 Å². The number of imidazole rings is 1. The number of hydrogen-bond donors (Lipinski definition) is 1. The first-order chi connectivity index (χ1) is 17.5. The fraction of sp³-hybridized carbons (Fsp3) is 0.690. The predicted octanol–water partition coefficient (Wildman–Crippen LogP) is 5.49. The normalized spacial score (nSPS) is 36.8. The number of hydrogen-bond acceptors (Lipinski definition) is 5. The van der Waals surface area contributed by atoms with Gasteiger partial charge in [0.2, 0.25) is 6.61 Å². The van der Waals surface area contributed by atoms with E-state index < -0.39 is 12.6 Å². The zero-order valence-electron chi connectivity index (χ0n) is 21.6. The van der Waals surface area contributed by atoms with E-state index >= 15 is 0 Å². The molecule has 2 aliphatic heterocycles. The summed E-state index contributed by atoms with van der Waals surface area (Å²) in [7, 11) is 0. The van der Waals surface area contributed by atoms with Crippen molar-refractivity contribution >= 4 is 23.2 Å². The fourth-order valence-electron chi connectivity index (χ4n) is 8.27. The Bertz CT molecular complexity index is 1130. The van der Waals surface area contributed by atoms with Gasteiger partial charge in [-0.05, 0) is 80.8 Å². The van der Waals surface area contributed by atoms with Crippen LogP contribution >= 0.6 is 0 Å². The highest BCUT2D eigenvalue weighted by Gasteiger charge is 2.48. The summed E-state index contributed by atoms with van der Waals surface area (Å²) in [5, 5.41) is 12.8. The Morgan fingerprint density at radius 3 is 2.72 bits per heavy atom. The maximum Gasteiger partial charge on any atom is 0.344 e. The number of rotatable bonds is 6. The van der Waals surface area contributed by atoms with E-state index in [1.165, 1.54) is 44.9 Å². The van der Waals surface area contributed by atoms with Crippen molar-refractivity contribution < 1.29 is 14.7 Å². The standard InChI is InChI=1S/C29H40N4O3/c1-18-7-9-20-11-21(18)13-23(12-20)32-22-10-8-19(2)27(32)15-24(14-22)33-26-6-4-3-5-25(26)31-28(33)16-30-36-17-29(34)35/h3-6,16,18-24,27H,7-15,17H2,1-2H3,(H,34,35)/b30-16+/t18-,19-,20-,21+,22+,23+,24-,27+/m1/s1. The summed E-state index contributed by atoms with van der Waals surface area (Å²) in [5.74, 6) is 3.17. The van der Waals surface area contributed by atoms with Crippen LogP contribution in [0.25, 0.3) is 11.0 Å². The number of piperidine rings is 2. The van der Waals surface area contributed by atoms with Crippen molar-refractivity contribution in [2.75, 3.05) is 6.61 Å². The molecule has 4 fully saturated rings. The second-order valence-corrected chi connectivity index (χ2v) is 12.1. The van der Waals surface area contributed by atoms with E-state index in [1.54, 1.807) is 6.21 Å². The quantitative estimate of drug-likeness (QED) is 0.426. The Labute approximate surface area is 213 Å². The molecule has 3 heterocycles. The lowest BCUT2D eigenvalue weighted by Gasteiger charge is -2.57. The topological polar surface area (TPSA) is 80.0 Å². The molecule has 2 aliphatic carbocycles. The van der Waals surface area contributed by atoms with Crippen molar-refractivity contribution in [3.8, 4) is 0 Å². The maximum absolute atomic E-state index is 10.8. The van der Waals surface area contributed by atoms with Gasteiger partial charge in [-0.2, -0.15) is 0 Å². The minimum Gasteiger partial charge on any atom is -0.479 e. The van der Waals surface area contributed by atoms with Crippen LogP contribution in [0.4, 0.5) is 0 Å². The highest BCUT2D eigenvalue weighted by atomic mass is 16.6. The van der Waals surface area contributed by atoms with Crippen LogP contribution in [0.2, 0.25) is 0 Å². The molecule has 0 radical (unpaired) electrons. The molecule has 0 spiro atoms. The molecule has 0 amide bonds. The molecule has 2 aromatic rings. The van der Waals surface area contributed by atoms with E-state index in [0.717, 1.165) is 53.5 Å².